The van der Waals surface area contributed by atoms with Gasteiger partial charge in [-0.25, -0.2) is 8.42 Å². The third-order valence-electron chi connectivity index (χ3n) is 4.74. The Morgan fingerprint density at radius 2 is 1.97 bits per heavy atom. The summed E-state index contributed by atoms with van der Waals surface area (Å²) in [4.78, 5) is 12.4. The lowest BCUT2D eigenvalue weighted by Gasteiger charge is -2.16. The molecule has 0 unspecified atom stereocenters. The average molecular weight is 440 g/mol. The van der Waals surface area contributed by atoms with Gasteiger partial charge < -0.3 is 14.8 Å². The Balaban J connectivity index is 1.60. The fraction of sp³-hybridized carbons (Fsp3) is 0.350. The second-order valence-corrected chi connectivity index (χ2v) is 8.71. The van der Waals surface area contributed by atoms with E-state index in [2.05, 4.69) is 10.1 Å². The van der Waals surface area contributed by atoms with Crippen LogP contribution in [0.15, 0.2) is 36.4 Å². The van der Waals surface area contributed by atoms with E-state index in [1.165, 1.54) is 17.5 Å². The number of methoxy groups -OCH3 is 1. The molecule has 0 fully saturated rings. The summed E-state index contributed by atoms with van der Waals surface area (Å²) in [6.07, 6.45) is 2.17. The van der Waals surface area contributed by atoms with E-state index in [1.807, 2.05) is 0 Å². The van der Waals surface area contributed by atoms with Gasteiger partial charge in [-0.1, -0.05) is 6.07 Å². The number of anilines is 1. The van der Waals surface area contributed by atoms with Crippen LogP contribution in [0.25, 0.3) is 0 Å². The Labute approximate surface area is 173 Å². The third-order valence-corrected chi connectivity index (χ3v) is 5.92. The van der Waals surface area contributed by atoms with E-state index in [9.17, 15) is 22.0 Å². The number of hydrogen-bond acceptors (Lipinski definition) is 5. The van der Waals surface area contributed by atoms with Crippen molar-refractivity contribution in [1.29, 1.82) is 0 Å². The summed E-state index contributed by atoms with van der Waals surface area (Å²) >= 11 is 0. The van der Waals surface area contributed by atoms with Crippen LogP contribution in [0.1, 0.15) is 21.5 Å². The van der Waals surface area contributed by atoms with E-state index in [1.54, 1.807) is 30.3 Å². The van der Waals surface area contributed by atoms with Crippen molar-refractivity contribution in [3.63, 3.8) is 0 Å². The number of fused-ring (bicyclic) bond motifs is 1. The van der Waals surface area contributed by atoms with Crippen LogP contribution in [0, 0.1) is 0 Å². The molecule has 2 aromatic carbocycles. The molecule has 2 aromatic rings. The Kier molecular flexibility index (Phi) is 6.45. The van der Waals surface area contributed by atoms with E-state index in [0.717, 1.165) is 17.4 Å². The van der Waals surface area contributed by atoms with Crippen molar-refractivity contribution < 1.29 is 31.5 Å². The first-order chi connectivity index (χ1) is 14.2. The smallest absolute Gasteiger partial charge is 0.387 e. The van der Waals surface area contributed by atoms with Crippen LogP contribution in [-0.4, -0.2) is 47.4 Å². The molecule has 10 heteroatoms. The Hall–Kier alpha value is -2.88. The molecule has 3 rings (SSSR count). The molecule has 0 saturated heterocycles. The molecule has 0 radical (unpaired) electrons. The van der Waals surface area contributed by atoms with Crippen LogP contribution < -0.4 is 19.1 Å². The predicted molar refractivity (Wildman–Crippen MR) is 108 cm³/mol. The summed E-state index contributed by atoms with van der Waals surface area (Å²) in [6, 6.07) is 9.55. The minimum Gasteiger partial charge on any atom is -0.493 e. The van der Waals surface area contributed by atoms with Gasteiger partial charge in [0.05, 0.1) is 19.1 Å². The number of ether oxygens (including phenoxy) is 2. The van der Waals surface area contributed by atoms with Gasteiger partial charge in [-0.05, 0) is 54.3 Å². The van der Waals surface area contributed by atoms with Gasteiger partial charge in [0.1, 0.15) is 0 Å². The van der Waals surface area contributed by atoms with Crippen molar-refractivity contribution in [1.82, 2.24) is 5.32 Å². The van der Waals surface area contributed by atoms with Crippen molar-refractivity contribution in [2.24, 2.45) is 0 Å². The summed E-state index contributed by atoms with van der Waals surface area (Å²) in [6.45, 7) is -2.25. The minimum absolute atomic E-state index is 0.0541. The molecule has 162 valence electrons. The number of carbonyl (C=O) groups excluding carboxylic acids is 1. The summed E-state index contributed by atoms with van der Waals surface area (Å²) in [5, 5.41) is 2.80. The Morgan fingerprint density at radius 3 is 2.63 bits per heavy atom. The lowest BCUT2D eigenvalue weighted by molar-refractivity contribution is -0.0512. The number of rotatable bonds is 8. The monoisotopic (exact) mass is 440 g/mol. The average Bonchev–Trinajstić information content (AvgIpc) is 3.12. The van der Waals surface area contributed by atoms with Crippen LogP contribution in [-0.2, 0) is 22.9 Å². The first kappa shape index (κ1) is 21.8. The highest BCUT2D eigenvalue weighted by molar-refractivity contribution is 7.92. The van der Waals surface area contributed by atoms with Gasteiger partial charge in [-0.2, -0.15) is 8.78 Å². The SMILES string of the molecule is COc1cc(CCNC(=O)c2ccc3c(c2)CCN3S(C)(=O)=O)ccc1OC(F)F. The van der Waals surface area contributed by atoms with Crippen molar-refractivity contribution in [2.45, 2.75) is 19.5 Å². The summed E-state index contributed by atoms with van der Waals surface area (Å²) in [5.41, 5.74) is 2.65. The molecular weight excluding hydrogens is 418 g/mol. The maximum Gasteiger partial charge on any atom is 0.387 e. The molecule has 0 spiro atoms. The van der Waals surface area contributed by atoms with Crippen molar-refractivity contribution >= 4 is 21.6 Å². The minimum atomic E-state index is -3.34. The molecule has 1 N–H and O–H groups in total. The van der Waals surface area contributed by atoms with Gasteiger partial charge >= 0.3 is 6.61 Å². The van der Waals surface area contributed by atoms with E-state index in [0.29, 0.717) is 37.2 Å². The van der Waals surface area contributed by atoms with Crippen LogP contribution >= 0.6 is 0 Å². The molecule has 1 aliphatic rings. The first-order valence-electron chi connectivity index (χ1n) is 9.19. The normalized spacial score (nSPS) is 13.3. The fourth-order valence-electron chi connectivity index (χ4n) is 3.34. The largest absolute Gasteiger partial charge is 0.493 e. The van der Waals surface area contributed by atoms with E-state index in [-0.39, 0.29) is 17.4 Å². The van der Waals surface area contributed by atoms with E-state index in [4.69, 9.17) is 4.74 Å². The molecule has 1 aliphatic heterocycles. The quantitative estimate of drug-likeness (QED) is 0.682. The number of carbonyl (C=O) groups is 1. The fourth-order valence-corrected chi connectivity index (χ4v) is 4.30. The zero-order valence-electron chi connectivity index (χ0n) is 16.5. The molecule has 0 aliphatic carbocycles. The molecule has 0 atom stereocenters. The van der Waals surface area contributed by atoms with Gasteiger partial charge in [0.25, 0.3) is 5.91 Å². The molecular formula is C20H22F2N2O5S. The van der Waals surface area contributed by atoms with Gasteiger partial charge in [-0.15, -0.1) is 0 Å². The molecule has 1 heterocycles. The van der Waals surface area contributed by atoms with Crippen LogP contribution in [0.3, 0.4) is 0 Å². The summed E-state index contributed by atoms with van der Waals surface area (Å²) < 4.78 is 59.2. The number of nitrogens with one attached hydrogen (secondary N) is 1. The number of amides is 1. The number of halogens is 2. The highest BCUT2D eigenvalue weighted by Crippen LogP contribution is 2.31. The highest BCUT2D eigenvalue weighted by atomic mass is 32.2. The zero-order valence-corrected chi connectivity index (χ0v) is 17.3. The molecule has 0 saturated carbocycles. The maximum atomic E-state index is 12.4. The van der Waals surface area contributed by atoms with Crippen molar-refractivity contribution in [3.05, 3.63) is 53.1 Å². The Bertz CT molecular complexity index is 1040. The molecule has 30 heavy (non-hydrogen) atoms. The maximum absolute atomic E-state index is 12.4. The van der Waals surface area contributed by atoms with E-state index >= 15 is 0 Å². The first-order valence-corrected chi connectivity index (χ1v) is 11.0. The van der Waals surface area contributed by atoms with Crippen LogP contribution in [0.5, 0.6) is 11.5 Å². The van der Waals surface area contributed by atoms with E-state index < -0.39 is 16.6 Å². The topological polar surface area (TPSA) is 84.9 Å². The van der Waals surface area contributed by atoms with Gasteiger partial charge in [0.2, 0.25) is 10.0 Å². The van der Waals surface area contributed by atoms with Gasteiger partial charge in [0, 0.05) is 18.7 Å². The lowest BCUT2D eigenvalue weighted by Crippen LogP contribution is -2.27. The second kappa shape index (κ2) is 8.86. The predicted octanol–water partition coefficient (Wildman–Crippen LogP) is 2.59. The lowest BCUT2D eigenvalue weighted by atomic mass is 10.1. The molecule has 1 amide bonds. The summed E-state index contributed by atoms with van der Waals surface area (Å²) in [7, 11) is -1.98. The molecule has 7 nitrogen and oxygen atoms in total. The van der Waals surface area contributed by atoms with Gasteiger partial charge in [-0.3, -0.25) is 9.10 Å². The van der Waals surface area contributed by atoms with Crippen LogP contribution in [0.2, 0.25) is 0 Å². The van der Waals surface area contributed by atoms with Crippen molar-refractivity contribution in [3.8, 4) is 11.5 Å². The molecule has 0 bridgehead atoms. The van der Waals surface area contributed by atoms with Crippen LogP contribution in [0.4, 0.5) is 14.5 Å². The number of hydrogen-bond donors (Lipinski definition) is 1. The van der Waals surface area contributed by atoms with Crippen molar-refractivity contribution in [2.75, 3.05) is 30.8 Å². The summed E-state index contributed by atoms with van der Waals surface area (Å²) in [5.74, 6) is -0.144. The second-order valence-electron chi connectivity index (χ2n) is 6.80. The number of nitrogens with zero attached hydrogens (tertiary/aromatic N) is 1. The third kappa shape index (κ3) is 4.99. The number of benzene rings is 2. The van der Waals surface area contributed by atoms with Gasteiger partial charge in [0.15, 0.2) is 11.5 Å². The highest BCUT2D eigenvalue weighted by Gasteiger charge is 2.26. The Morgan fingerprint density at radius 1 is 1.20 bits per heavy atom. The number of sulfonamides is 1. The zero-order chi connectivity index (χ0) is 21.9. The standard InChI is InChI=1S/C20H22F2N2O5S/c1-28-18-11-13(3-6-17(18)29-20(21)22)7-9-23-19(25)15-4-5-16-14(12-15)8-10-24(16)30(2,26)27/h3-6,11-12,20H,7-10H2,1-2H3,(H,23,25). The molecule has 0 aromatic heterocycles. The number of alkyl halides is 2.